The van der Waals surface area contributed by atoms with Crippen molar-refractivity contribution < 1.29 is 0 Å². The third kappa shape index (κ3) is 4.66. The molecular weight excluding hydrogens is 599 g/mol. The number of nitrogens with zero attached hydrogens (tertiary/aromatic N) is 1. The summed E-state index contributed by atoms with van der Waals surface area (Å²) in [6.45, 7) is 0.735. The fourth-order valence-corrected chi connectivity index (χ4v) is 8.11. The zero-order valence-corrected chi connectivity index (χ0v) is 26.9. The lowest BCUT2D eigenvalue weighted by Gasteiger charge is -2.41. The second-order valence-corrected chi connectivity index (χ2v) is 13.1. The molecule has 4 N–H and O–H groups in total. The number of benzene rings is 7. The van der Waals surface area contributed by atoms with Crippen LogP contribution in [-0.4, -0.2) is 17.3 Å². The predicted octanol–water partition coefficient (Wildman–Crippen LogP) is 9.09. The first-order valence-electron chi connectivity index (χ1n) is 17.1. The van der Waals surface area contributed by atoms with Crippen LogP contribution in [0.15, 0.2) is 163 Å². The van der Waals surface area contributed by atoms with Crippen molar-refractivity contribution in [1.82, 2.24) is 25.8 Å². The Balaban J connectivity index is 1.11. The summed E-state index contributed by atoms with van der Waals surface area (Å²) in [6, 6.07) is 52.5. The number of rotatable bonds is 4. The number of nitrogens with one attached hydrogen (secondary N) is 4. The summed E-state index contributed by atoms with van der Waals surface area (Å²) in [4.78, 5) is 0. The van der Waals surface area contributed by atoms with Gasteiger partial charge in [0.2, 0.25) is 0 Å². The smallest absolute Gasteiger partial charge is 0.0870 e. The van der Waals surface area contributed by atoms with Gasteiger partial charge in [0.15, 0.2) is 0 Å². The van der Waals surface area contributed by atoms with Gasteiger partial charge in [0.25, 0.3) is 0 Å². The zero-order chi connectivity index (χ0) is 32.3. The molecule has 236 valence electrons. The number of aromatic nitrogens is 1. The van der Waals surface area contributed by atoms with Crippen molar-refractivity contribution in [1.29, 1.82) is 0 Å². The average molecular weight is 634 g/mol. The lowest BCUT2D eigenvalue weighted by Crippen LogP contribution is -2.60. The first-order valence-corrected chi connectivity index (χ1v) is 17.1. The van der Waals surface area contributed by atoms with Crippen LogP contribution in [0, 0.1) is 0 Å². The highest BCUT2D eigenvalue weighted by Crippen LogP contribution is 2.38. The number of dihydropyridines is 1. The number of para-hydroxylation sites is 1. The Hall–Kier alpha value is -5.72. The van der Waals surface area contributed by atoms with Crippen LogP contribution in [0.1, 0.15) is 23.5 Å². The predicted molar refractivity (Wildman–Crippen MR) is 204 cm³/mol. The fraction of sp³-hybridized carbons (Fsp3) is 0.0909. The van der Waals surface area contributed by atoms with Crippen LogP contribution < -0.4 is 21.3 Å². The van der Waals surface area contributed by atoms with Gasteiger partial charge in [-0.25, -0.2) is 0 Å². The Kier molecular flexibility index (Phi) is 6.62. The summed E-state index contributed by atoms with van der Waals surface area (Å²) in [7, 11) is 0. The highest BCUT2D eigenvalue weighted by atomic mass is 15.4. The summed E-state index contributed by atoms with van der Waals surface area (Å²) in [5, 5.41) is 25.6. The molecule has 1 fully saturated rings. The van der Waals surface area contributed by atoms with Crippen LogP contribution in [-0.2, 0) is 0 Å². The van der Waals surface area contributed by atoms with E-state index < -0.39 is 0 Å². The largest absolute Gasteiger partial charge is 0.385 e. The zero-order valence-electron chi connectivity index (χ0n) is 26.9. The Labute approximate surface area is 284 Å². The van der Waals surface area contributed by atoms with Gasteiger partial charge < -0.3 is 9.88 Å². The van der Waals surface area contributed by atoms with E-state index in [1.807, 2.05) is 0 Å². The van der Waals surface area contributed by atoms with E-state index in [1.165, 1.54) is 70.8 Å². The van der Waals surface area contributed by atoms with E-state index in [2.05, 4.69) is 184 Å². The molecule has 0 aliphatic carbocycles. The second-order valence-electron chi connectivity index (χ2n) is 13.1. The molecule has 2 aliphatic rings. The van der Waals surface area contributed by atoms with Gasteiger partial charge in [0.05, 0.1) is 35.2 Å². The summed E-state index contributed by atoms with van der Waals surface area (Å²) >= 11 is 0. The molecule has 0 saturated carbocycles. The maximum atomic E-state index is 3.98. The lowest BCUT2D eigenvalue weighted by molar-refractivity contribution is 0.222. The minimum Gasteiger partial charge on any atom is -0.385 e. The first kappa shape index (κ1) is 28.3. The van der Waals surface area contributed by atoms with E-state index in [1.54, 1.807) is 0 Å². The van der Waals surface area contributed by atoms with Crippen LogP contribution in [0.4, 0.5) is 0 Å². The molecule has 2 aliphatic heterocycles. The van der Waals surface area contributed by atoms with Crippen LogP contribution in [0.25, 0.3) is 59.8 Å². The number of allylic oxidation sites excluding steroid dienone is 2. The molecule has 1 aromatic heterocycles. The molecule has 5 nitrogen and oxygen atoms in total. The quantitative estimate of drug-likeness (QED) is 0.156. The molecule has 10 rings (SSSR count). The van der Waals surface area contributed by atoms with E-state index in [4.69, 9.17) is 0 Å². The maximum Gasteiger partial charge on any atom is 0.0870 e. The Morgan fingerprint density at radius 1 is 0.449 bits per heavy atom. The molecule has 8 aromatic rings. The molecule has 49 heavy (non-hydrogen) atoms. The SMILES string of the molecule is C1=C(C2NC(c3cccc4ccccc34)NC(c3cccc4ccccc34)N2)CNC=C1n1c2ccccc2c2c3ccccc3ccc21. The molecule has 2 atom stereocenters. The van der Waals surface area contributed by atoms with E-state index >= 15 is 0 Å². The summed E-state index contributed by atoms with van der Waals surface area (Å²) in [5.41, 5.74) is 7.26. The Bertz CT molecular complexity index is 2530. The van der Waals surface area contributed by atoms with Crippen molar-refractivity contribution in [2.45, 2.75) is 18.5 Å². The lowest BCUT2D eigenvalue weighted by atomic mass is 9.97. The van der Waals surface area contributed by atoms with Crippen molar-refractivity contribution in [2.24, 2.45) is 0 Å². The van der Waals surface area contributed by atoms with Crippen molar-refractivity contribution in [3.05, 3.63) is 175 Å². The fourth-order valence-electron chi connectivity index (χ4n) is 8.11. The molecule has 0 amide bonds. The van der Waals surface area contributed by atoms with Gasteiger partial charge in [-0.05, 0) is 67.2 Å². The topological polar surface area (TPSA) is 53.0 Å². The molecule has 0 spiro atoms. The van der Waals surface area contributed by atoms with Gasteiger partial charge in [0.1, 0.15) is 0 Å². The average Bonchev–Trinajstić information content (AvgIpc) is 3.52. The van der Waals surface area contributed by atoms with Crippen molar-refractivity contribution in [3.8, 4) is 0 Å². The normalized spacial score (nSPS) is 19.7. The Morgan fingerprint density at radius 2 is 0.980 bits per heavy atom. The van der Waals surface area contributed by atoms with Crippen molar-refractivity contribution >= 4 is 59.8 Å². The van der Waals surface area contributed by atoms with Crippen LogP contribution in [0.2, 0.25) is 0 Å². The van der Waals surface area contributed by atoms with E-state index in [-0.39, 0.29) is 18.5 Å². The first-order chi connectivity index (χ1) is 24.3. The molecule has 1 saturated heterocycles. The van der Waals surface area contributed by atoms with Crippen molar-refractivity contribution in [3.63, 3.8) is 0 Å². The molecule has 3 heterocycles. The van der Waals surface area contributed by atoms with Gasteiger partial charge in [0, 0.05) is 23.5 Å². The number of hydrogen-bond acceptors (Lipinski definition) is 4. The molecule has 7 aromatic carbocycles. The summed E-state index contributed by atoms with van der Waals surface area (Å²) in [5.74, 6) is 0. The second kappa shape index (κ2) is 11.5. The Morgan fingerprint density at radius 3 is 1.65 bits per heavy atom. The van der Waals surface area contributed by atoms with Gasteiger partial charge in [-0.3, -0.25) is 16.0 Å². The van der Waals surface area contributed by atoms with E-state index in [9.17, 15) is 0 Å². The van der Waals surface area contributed by atoms with Crippen LogP contribution in [0.5, 0.6) is 0 Å². The van der Waals surface area contributed by atoms with E-state index in [0.717, 1.165) is 12.2 Å². The van der Waals surface area contributed by atoms with E-state index in [0.29, 0.717) is 0 Å². The van der Waals surface area contributed by atoms with Crippen LogP contribution in [0.3, 0.4) is 0 Å². The standard InChI is InChI=1S/C44H35N5/c1-4-16-33-28(11-1)14-9-20-36(33)43-46-42(47-44(48-43)37-21-10-15-29-12-2-5-17-34(29)37)31-25-32(27-45-26-31)49-39-22-8-7-19-38(39)41-35-18-6-3-13-30(35)23-24-40(41)49/h1-25,27,42-48H,26H2. The van der Waals surface area contributed by atoms with Gasteiger partial charge in [-0.2, -0.15) is 0 Å². The summed E-state index contributed by atoms with van der Waals surface area (Å²) < 4.78 is 2.41. The monoisotopic (exact) mass is 633 g/mol. The van der Waals surface area contributed by atoms with Gasteiger partial charge in [-0.15, -0.1) is 0 Å². The third-order valence-corrected chi connectivity index (χ3v) is 10.3. The molecule has 2 unspecified atom stereocenters. The highest BCUT2D eigenvalue weighted by Gasteiger charge is 2.33. The molecule has 0 bridgehead atoms. The molecule has 5 heteroatoms. The van der Waals surface area contributed by atoms with Crippen molar-refractivity contribution in [2.75, 3.05) is 6.54 Å². The van der Waals surface area contributed by atoms with Gasteiger partial charge >= 0.3 is 0 Å². The third-order valence-electron chi connectivity index (χ3n) is 10.3. The summed E-state index contributed by atoms with van der Waals surface area (Å²) in [6.07, 6.45) is 4.26. The number of fused-ring (bicyclic) bond motifs is 7. The highest BCUT2D eigenvalue weighted by molar-refractivity contribution is 6.21. The molecule has 0 radical (unpaired) electrons. The number of hydrogen-bond donors (Lipinski definition) is 4. The minimum absolute atomic E-state index is 0.0869. The van der Waals surface area contributed by atoms with Gasteiger partial charge in [-0.1, -0.05) is 133 Å². The maximum absolute atomic E-state index is 3.98. The van der Waals surface area contributed by atoms with Crippen LogP contribution >= 0.6 is 0 Å². The molecular formula is C44H35N5. The minimum atomic E-state index is -0.0979.